The molecular formula is C3H6Au2Cl2-2. The van der Waals surface area contributed by atoms with Crippen molar-refractivity contribution in [1.82, 2.24) is 0 Å². The van der Waals surface area contributed by atoms with E-state index in [0.717, 1.165) is 6.42 Å². The van der Waals surface area contributed by atoms with Gasteiger partial charge in [0.05, 0.1) is 0 Å². The van der Waals surface area contributed by atoms with Crippen LogP contribution in [0, 0.1) is 13.8 Å². The van der Waals surface area contributed by atoms with Crippen LogP contribution in [0.2, 0.25) is 0 Å². The Morgan fingerprint density at radius 1 is 1.00 bits per heavy atom. The zero-order chi connectivity index (χ0) is 6.71. The number of rotatable bonds is 0. The molecule has 7 heavy (non-hydrogen) atoms. The zero-order valence-corrected chi connectivity index (χ0v) is 9.33. The van der Waals surface area contributed by atoms with Crippen LogP contribution in [-0.2, 0) is 40.0 Å². The summed E-state index contributed by atoms with van der Waals surface area (Å²) in [5.74, 6) is 0. The van der Waals surface area contributed by atoms with E-state index in [1.807, 2.05) is 0 Å². The summed E-state index contributed by atoms with van der Waals surface area (Å²) in [7, 11) is 9.17. The van der Waals surface area contributed by atoms with Crippen LogP contribution >= 0.6 is 18.4 Å². The molecule has 0 aliphatic heterocycles. The van der Waals surface area contributed by atoms with Gasteiger partial charge in [-0.25, -0.2) is 0 Å². The average molecular weight is 507 g/mol. The molecule has 0 radical (unpaired) electrons. The summed E-state index contributed by atoms with van der Waals surface area (Å²) < 4.78 is 0. The van der Waals surface area contributed by atoms with E-state index < -0.39 is 0 Å². The molecule has 0 spiro atoms. The van der Waals surface area contributed by atoms with Crippen molar-refractivity contribution >= 4 is 18.4 Å². The van der Waals surface area contributed by atoms with Gasteiger partial charge in [-0.1, -0.05) is 0 Å². The molecule has 0 saturated carbocycles. The van der Waals surface area contributed by atoms with Crippen LogP contribution in [0.1, 0.15) is 6.42 Å². The second-order valence-electron chi connectivity index (χ2n) is 0.354. The van der Waals surface area contributed by atoms with Crippen molar-refractivity contribution in [3.05, 3.63) is 13.8 Å². The molecule has 4 heteroatoms. The summed E-state index contributed by atoms with van der Waals surface area (Å²) in [5, 5.41) is 0. The van der Waals surface area contributed by atoms with E-state index in [9.17, 15) is 0 Å². The molecule has 0 N–H and O–H groups in total. The van der Waals surface area contributed by atoms with Crippen molar-refractivity contribution in [2.75, 3.05) is 0 Å². The van der Waals surface area contributed by atoms with Gasteiger partial charge in [0.1, 0.15) is 0 Å². The Morgan fingerprint density at radius 2 is 1.00 bits per heavy atom. The number of hydrogen-bond acceptors (Lipinski definition) is 0. The van der Waals surface area contributed by atoms with Crippen molar-refractivity contribution < 1.29 is 40.0 Å². The molecule has 0 nitrogen and oxygen atoms in total. The third-order valence-corrected chi connectivity index (χ3v) is 0. The summed E-state index contributed by atoms with van der Waals surface area (Å²) in [6.45, 7) is 6.75. The molecule has 0 atom stereocenters. The Kier molecular flexibility index (Phi) is 98.2. The van der Waals surface area contributed by atoms with Crippen molar-refractivity contribution in [2.24, 2.45) is 0 Å². The first kappa shape index (κ1) is 16.0. The predicted molar refractivity (Wildman–Crippen MR) is 27.0 cm³/mol. The van der Waals surface area contributed by atoms with Crippen LogP contribution in [-0.4, -0.2) is 0 Å². The molecule has 0 aromatic heterocycles. The number of hydrogen-bond donors (Lipinski definition) is 0. The molecule has 0 saturated heterocycles. The first-order chi connectivity index (χ1) is 3.41. The van der Waals surface area contributed by atoms with Gasteiger partial charge in [0.25, 0.3) is 0 Å². The predicted octanol–water partition coefficient (Wildman–Crippen LogP) is 2.42. The average Bonchev–Trinajstić information content (AvgIpc) is 1.78. The van der Waals surface area contributed by atoms with Crippen LogP contribution in [0.15, 0.2) is 0 Å². The first-order valence-electron chi connectivity index (χ1n) is 1.23. The molecule has 0 heterocycles. The van der Waals surface area contributed by atoms with E-state index in [0.29, 0.717) is 0 Å². The molecule has 0 aliphatic carbocycles. The molecule has 0 aromatic rings. The quantitative estimate of drug-likeness (QED) is 0.350. The number of halogens is 2. The zero-order valence-electron chi connectivity index (χ0n) is 3.48. The monoisotopic (exact) mass is 506 g/mol. The molecular weight excluding hydrogens is 501 g/mol. The van der Waals surface area contributed by atoms with E-state index in [1.165, 1.54) is 0 Å². The molecule has 0 fully saturated rings. The summed E-state index contributed by atoms with van der Waals surface area (Å²) >= 11 is 3.50. The molecule has 0 aliphatic rings. The van der Waals surface area contributed by atoms with Gasteiger partial charge in [-0.05, 0) is 0 Å². The van der Waals surface area contributed by atoms with Gasteiger partial charge in [0, 0.05) is 0 Å². The topological polar surface area (TPSA) is 0 Å². The maximum absolute atomic E-state index is 4.58. The normalized spacial score (nSPS) is 4.57. The van der Waals surface area contributed by atoms with Crippen LogP contribution in [0.3, 0.4) is 0 Å². The molecule has 0 rings (SSSR count). The summed E-state index contributed by atoms with van der Waals surface area (Å²) in [4.78, 5) is 0. The van der Waals surface area contributed by atoms with Crippen LogP contribution in [0.5, 0.6) is 0 Å². The van der Waals surface area contributed by atoms with E-state index >= 15 is 0 Å². The Bertz CT molecular complexity index is 10.9. The minimum absolute atomic E-state index is 0.750. The van der Waals surface area contributed by atoms with Crippen LogP contribution in [0.4, 0.5) is 0 Å². The summed E-state index contributed by atoms with van der Waals surface area (Å²) in [6, 6.07) is 0. The van der Waals surface area contributed by atoms with Gasteiger partial charge in [-0.2, -0.15) is 0 Å². The van der Waals surface area contributed by atoms with E-state index in [1.54, 1.807) is 40.0 Å². The Labute approximate surface area is 77.8 Å². The second kappa shape index (κ2) is 42.9. The van der Waals surface area contributed by atoms with Crippen molar-refractivity contribution in [2.45, 2.75) is 6.42 Å². The van der Waals surface area contributed by atoms with Crippen LogP contribution in [0.25, 0.3) is 0 Å². The molecule has 0 amide bonds. The third-order valence-electron chi connectivity index (χ3n) is 0. The van der Waals surface area contributed by atoms with Crippen LogP contribution < -0.4 is 0 Å². The van der Waals surface area contributed by atoms with E-state index in [4.69, 9.17) is 0 Å². The van der Waals surface area contributed by atoms with Gasteiger partial charge in [0.2, 0.25) is 0 Å². The van der Waals surface area contributed by atoms with Gasteiger partial charge >= 0.3 is 58.4 Å². The Hall–Kier alpha value is 2.06. The van der Waals surface area contributed by atoms with Gasteiger partial charge in [-0.3, -0.25) is 0 Å². The fraction of sp³-hybridized carbons (Fsp3) is 0.333. The maximum atomic E-state index is 4.58. The van der Waals surface area contributed by atoms with Crippen molar-refractivity contribution in [1.29, 1.82) is 0 Å². The standard InChI is InChI=1S/C3H6.2Au.2ClH/c1-3-2;;;;/h1-3H2;;;2*1H/q-2;2*+1;;/p-2. The fourth-order valence-electron chi connectivity index (χ4n) is 0. The van der Waals surface area contributed by atoms with E-state index in [-0.39, 0.29) is 0 Å². The Balaban J connectivity index is -0.0000000360. The van der Waals surface area contributed by atoms with Gasteiger partial charge < -0.3 is 20.3 Å². The van der Waals surface area contributed by atoms with Crippen molar-refractivity contribution in [3.8, 4) is 0 Å². The van der Waals surface area contributed by atoms with Gasteiger partial charge in [0.15, 0.2) is 0 Å². The SMILES string of the molecule is [CH2-]C[CH2-].[Cl][Au].[Cl][Au]. The Morgan fingerprint density at radius 3 is 1.00 bits per heavy atom. The van der Waals surface area contributed by atoms with Gasteiger partial charge in [-0.15, -0.1) is 0 Å². The summed E-state index contributed by atoms with van der Waals surface area (Å²) in [5.41, 5.74) is 0. The molecule has 0 bridgehead atoms. The summed E-state index contributed by atoms with van der Waals surface area (Å²) in [6.07, 6.45) is 0.750. The van der Waals surface area contributed by atoms with Crippen molar-refractivity contribution in [3.63, 3.8) is 0 Å². The fourth-order valence-corrected chi connectivity index (χ4v) is 0. The molecule has 0 aromatic carbocycles. The second-order valence-corrected chi connectivity index (χ2v) is 0.354. The molecule has 56 valence electrons. The van der Waals surface area contributed by atoms with E-state index in [2.05, 4.69) is 32.2 Å². The molecule has 0 unspecified atom stereocenters. The first-order valence-corrected chi connectivity index (χ1v) is 6.60. The third kappa shape index (κ3) is 69.7. The minimum atomic E-state index is 0.750.